The highest BCUT2D eigenvalue weighted by molar-refractivity contribution is 6.00. The smallest absolute Gasteiger partial charge is 0.358 e. The lowest BCUT2D eigenvalue weighted by atomic mass is 10.2. The first-order valence-electron chi connectivity index (χ1n) is 5.22. The quantitative estimate of drug-likeness (QED) is 0.722. The molecular weight excluding hydrogens is 252 g/mol. The molecule has 8 nitrogen and oxygen atoms in total. The van der Waals surface area contributed by atoms with Crippen LogP contribution >= 0.6 is 0 Å². The Morgan fingerprint density at radius 3 is 2.58 bits per heavy atom. The van der Waals surface area contributed by atoms with Gasteiger partial charge in [-0.1, -0.05) is 6.07 Å². The Balaban J connectivity index is 2.48. The predicted octanol–water partition coefficient (Wildman–Crippen LogP) is 0.305. The molecule has 2 rings (SSSR count). The molecule has 0 radical (unpaired) electrons. The average molecular weight is 262 g/mol. The number of anilines is 1. The molecule has 0 bridgehead atoms. The van der Waals surface area contributed by atoms with E-state index in [1.165, 1.54) is 6.20 Å². The number of rotatable bonds is 4. The zero-order chi connectivity index (χ0) is 14.0. The first-order chi connectivity index (χ1) is 9.00. The molecule has 0 saturated heterocycles. The van der Waals surface area contributed by atoms with Crippen molar-refractivity contribution in [2.24, 2.45) is 0 Å². The van der Waals surface area contributed by atoms with Crippen LogP contribution in [0, 0.1) is 0 Å². The van der Waals surface area contributed by atoms with E-state index in [4.69, 9.17) is 15.9 Å². The maximum atomic E-state index is 11.1. The van der Waals surface area contributed by atoms with Crippen molar-refractivity contribution in [3.63, 3.8) is 0 Å². The van der Waals surface area contributed by atoms with E-state index in [1.807, 2.05) is 0 Å². The number of hydrogen-bond acceptors (Lipinski definition) is 5. The van der Waals surface area contributed by atoms with E-state index < -0.39 is 17.6 Å². The third-order valence-corrected chi connectivity index (χ3v) is 2.45. The number of nitrogens with zero attached hydrogens (tertiary/aromatic N) is 3. The van der Waals surface area contributed by atoms with Crippen molar-refractivity contribution in [3.8, 4) is 0 Å². The summed E-state index contributed by atoms with van der Waals surface area (Å²) in [5, 5.41) is 21.7. The number of carbonyl (C=O) groups is 2. The van der Waals surface area contributed by atoms with Crippen LogP contribution in [0.5, 0.6) is 0 Å². The highest BCUT2D eigenvalue weighted by atomic mass is 16.4. The fourth-order valence-corrected chi connectivity index (χ4v) is 1.64. The second kappa shape index (κ2) is 4.77. The number of aromatic nitrogens is 3. The van der Waals surface area contributed by atoms with Crippen LogP contribution < -0.4 is 5.73 Å². The average Bonchev–Trinajstić information content (AvgIpc) is 2.67. The van der Waals surface area contributed by atoms with Crippen LogP contribution in [-0.2, 0) is 6.54 Å². The normalized spacial score (nSPS) is 10.3. The maximum Gasteiger partial charge on any atom is 0.358 e. The van der Waals surface area contributed by atoms with Gasteiger partial charge in [0.2, 0.25) is 0 Å². The molecule has 0 aliphatic rings. The van der Waals surface area contributed by atoms with Gasteiger partial charge in [-0.2, -0.15) is 5.10 Å². The molecular formula is C11H10N4O4. The lowest BCUT2D eigenvalue weighted by Gasteiger charge is -2.04. The van der Waals surface area contributed by atoms with Crippen molar-refractivity contribution >= 4 is 17.6 Å². The Labute approximate surface area is 107 Å². The van der Waals surface area contributed by atoms with Crippen LogP contribution in [0.4, 0.5) is 5.69 Å². The molecule has 0 spiro atoms. The van der Waals surface area contributed by atoms with Gasteiger partial charge in [-0.3, -0.25) is 9.67 Å². The molecule has 0 atom stereocenters. The molecule has 0 aromatic carbocycles. The van der Waals surface area contributed by atoms with E-state index in [2.05, 4.69) is 10.1 Å². The zero-order valence-corrected chi connectivity index (χ0v) is 9.65. The second-order valence-electron chi connectivity index (χ2n) is 3.74. The van der Waals surface area contributed by atoms with Crippen molar-refractivity contribution in [1.29, 1.82) is 0 Å². The fraction of sp³-hybridized carbons (Fsp3) is 0.0909. The molecule has 8 heteroatoms. The molecule has 0 unspecified atom stereocenters. The van der Waals surface area contributed by atoms with Crippen LogP contribution in [-0.4, -0.2) is 36.9 Å². The molecule has 0 aliphatic carbocycles. The number of carboxylic acid groups (broad SMARTS) is 2. The SMILES string of the molecule is Nc1c(C(=O)O)nn(Cc2cccnc2)c1C(=O)O. The first-order valence-corrected chi connectivity index (χ1v) is 5.22. The van der Waals surface area contributed by atoms with Gasteiger partial charge in [-0.05, 0) is 11.6 Å². The largest absolute Gasteiger partial charge is 0.476 e. The van der Waals surface area contributed by atoms with Gasteiger partial charge < -0.3 is 15.9 Å². The Kier molecular flexibility index (Phi) is 3.15. The van der Waals surface area contributed by atoms with Crippen LogP contribution in [0.15, 0.2) is 24.5 Å². The number of hydrogen-bond donors (Lipinski definition) is 3. The lowest BCUT2D eigenvalue weighted by Crippen LogP contribution is -2.12. The first kappa shape index (κ1) is 12.6. The zero-order valence-electron chi connectivity index (χ0n) is 9.65. The van der Waals surface area contributed by atoms with E-state index >= 15 is 0 Å². The molecule has 98 valence electrons. The second-order valence-corrected chi connectivity index (χ2v) is 3.74. The molecule has 0 fully saturated rings. The lowest BCUT2D eigenvalue weighted by molar-refractivity contribution is 0.0676. The topological polar surface area (TPSA) is 131 Å². The molecule has 0 amide bonds. The van der Waals surface area contributed by atoms with Gasteiger partial charge in [-0.15, -0.1) is 0 Å². The van der Waals surface area contributed by atoms with Crippen molar-refractivity contribution in [3.05, 3.63) is 41.5 Å². The molecule has 4 N–H and O–H groups in total. The minimum Gasteiger partial charge on any atom is -0.476 e. The molecule has 2 aromatic rings. The van der Waals surface area contributed by atoms with Gasteiger partial charge in [0.15, 0.2) is 11.4 Å². The van der Waals surface area contributed by atoms with Gasteiger partial charge in [0.25, 0.3) is 0 Å². The predicted molar refractivity (Wildman–Crippen MR) is 63.9 cm³/mol. The summed E-state index contributed by atoms with van der Waals surface area (Å²) in [6, 6.07) is 3.40. The Hall–Kier alpha value is -2.90. The Bertz CT molecular complexity index is 636. The van der Waals surface area contributed by atoms with Crippen LogP contribution in [0.25, 0.3) is 0 Å². The van der Waals surface area contributed by atoms with Crippen LogP contribution in [0.1, 0.15) is 26.5 Å². The number of pyridine rings is 1. The number of aromatic carboxylic acids is 2. The van der Waals surface area contributed by atoms with Crippen LogP contribution in [0.2, 0.25) is 0 Å². The summed E-state index contributed by atoms with van der Waals surface area (Å²) < 4.78 is 1.04. The Morgan fingerprint density at radius 2 is 2.05 bits per heavy atom. The van der Waals surface area contributed by atoms with E-state index in [9.17, 15) is 9.59 Å². The van der Waals surface area contributed by atoms with Gasteiger partial charge in [-0.25, -0.2) is 9.59 Å². The minimum absolute atomic E-state index is 0.0763. The molecule has 0 aliphatic heterocycles. The number of nitrogens with two attached hydrogens (primary N) is 1. The van der Waals surface area contributed by atoms with E-state index in [0.717, 1.165) is 4.68 Å². The third-order valence-electron chi connectivity index (χ3n) is 2.45. The van der Waals surface area contributed by atoms with E-state index in [1.54, 1.807) is 18.3 Å². The molecule has 0 saturated carbocycles. The summed E-state index contributed by atoms with van der Waals surface area (Å²) >= 11 is 0. The summed E-state index contributed by atoms with van der Waals surface area (Å²) in [6.45, 7) is 0.0763. The number of nitrogen functional groups attached to an aromatic ring is 1. The summed E-state index contributed by atoms with van der Waals surface area (Å²) in [5.41, 5.74) is 5.01. The van der Waals surface area contributed by atoms with Crippen molar-refractivity contribution in [2.45, 2.75) is 6.54 Å². The summed E-state index contributed by atoms with van der Waals surface area (Å²) in [6.07, 6.45) is 3.10. The van der Waals surface area contributed by atoms with Gasteiger partial charge in [0.1, 0.15) is 5.69 Å². The highest BCUT2D eigenvalue weighted by Gasteiger charge is 2.24. The molecule has 2 heterocycles. The van der Waals surface area contributed by atoms with Gasteiger partial charge in [0.05, 0.1) is 6.54 Å². The van der Waals surface area contributed by atoms with Gasteiger partial charge >= 0.3 is 11.9 Å². The van der Waals surface area contributed by atoms with Crippen LogP contribution in [0.3, 0.4) is 0 Å². The summed E-state index contributed by atoms with van der Waals surface area (Å²) in [5.74, 6) is -2.70. The standard InChI is InChI=1S/C11H10N4O4/c12-7-8(10(16)17)14-15(9(7)11(18)19)5-6-2-1-3-13-4-6/h1-4H,5,12H2,(H,16,17)(H,18,19). The van der Waals surface area contributed by atoms with Crippen molar-refractivity contribution < 1.29 is 19.8 Å². The summed E-state index contributed by atoms with van der Waals surface area (Å²) in [4.78, 5) is 25.9. The minimum atomic E-state index is -1.37. The van der Waals surface area contributed by atoms with Crippen molar-refractivity contribution in [2.75, 3.05) is 5.73 Å². The molecule has 2 aromatic heterocycles. The van der Waals surface area contributed by atoms with Crippen molar-refractivity contribution in [1.82, 2.24) is 14.8 Å². The highest BCUT2D eigenvalue weighted by Crippen LogP contribution is 2.18. The van der Waals surface area contributed by atoms with Gasteiger partial charge in [0, 0.05) is 12.4 Å². The summed E-state index contributed by atoms with van der Waals surface area (Å²) in [7, 11) is 0. The number of carboxylic acids is 2. The molecule has 19 heavy (non-hydrogen) atoms. The fourth-order valence-electron chi connectivity index (χ4n) is 1.64. The van der Waals surface area contributed by atoms with E-state index in [-0.39, 0.29) is 17.9 Å². The monoisotopic (exact) mass is 262 g/mol. The van der Waals surface area contributed by atoms with E-state index in [0.29, 0.717) is 5.56 Å². The maximum absolute atomic E-state index is 11.1. The third kappa shape index (κ3) is 2.37. The Morgan fingerprint density at radius 1 is 1.32 bits per heavy atom.